The molecule has 56 heavy (non-hydrogen) atoms. The molecule has 0 aliphatic heterocycles. The third kappa shape index (κ3) is 5.42. The number of para-hydroxylation sites is 1. The average Bonchev–Trinajstić information content (AvgIpc) is 3.61. The van der Waals surface area contributed by atoms with Gasteiger partial charge < -0.3 is 9.47 Å². The number of nitrogens with zero attached hydrogens (tertiary/aromatic N) is 2. The molecule has 0 radical (unpaired) electrons. The van der Waals surface area contributed by atoms with E-state index in [4.69, 9.17) is 0 Å². The third-order valence-electron chi connectivity index (χ3n) is 11.3. The van der Waals surface area contributed by atoms with Gasteiger partial charge in [-0.05, 0) is 110 Å². The molecule has 2 nitrogen and oxygen atoms in total. The van der Waals surface area contributed by atoms with Crippen molar-refractivity contribution in [1.29, 1.82) is 0 Å². The maximum absolute atomic E-state index is 2.44. The second kappa shape index (κ2) is 13.2. The second-order valence-corrected chi connectivity index (χ2v) is 14.6. The molecule has 262 valence electrons. The molecule has 10 aromatic carbocycles. The highest BCUT2D eigenvalue weighted by atomic mass is 15.1. The van der Waals surface area contributed by atoms with Crippen molar-refractivity contribution in [3.63, 3.8) is 0 Å². The molecule has 0 saturated carbocycles. The number of hydrogen-bond acceptors (Lipinski definition) is 1. The third-order valence-corrected chi connectivity index (χ3v) is 11.3. The van der Waals surface area contributed by atoms with Crippen LogP contribution >= 0.6 is 0 Å². The predicted molar refractivity (Wildman–Crippen MR) is 239 cm³/mol. The number of fused-ring (bicyclic) bond motifs is 7. The van der Waals surface area contributed by atoms with Crippen molar-refractivity contribution in [2.24, 2.45) is 0 Å². The van der Waals surface area contributed by atoms with Crippen molar-refractivity contribution >= 4 is 71.2 Å². The molecule has 1 aromatic heterocycles. The van der Waals surface area contributed by atoms with Gasteiger partial charge >= 0.3 is 0 Å². The highest BCUT2D eigenvalue weighted by molar-refractivity contribution is 6.19. The molecular weight excluding hydrogens is 677 g/mol. The first-order chi connectivity index (χ1) is 27.7. The summed E-state index contributed by atoms with van der Waals surface area (Å²) in [6.45, 7) is 0. The standard InChI is InChI=1S/C54H36N2/c1-2-15-46(16-3-1)56-53-36-45(26-32-51(53)52-33-25-41-12-8-9-17-50(41)54(52)56)40-22-29-48(30-23-40)55(49-31-24-38-11-5-7-14-43(38)35-49)47-27-20-39(21-28-47)44-19-18-37-10-4-6-13-42(37)34-44/h1-36H. The van der Waals surface area contributed by atoms with Crippen LogP contribution < -0.4 is 4.90 Å². The minimum absolute atomic E-state index is 1.11. The fraction of sp³-hybridized carbons (Fsp3) is 0. The van der Waals surface area contributed by atoms with Crippen LogP contribution in [0, 0.1) is 0 Å². The number of anilines is 3. The summed E-state index contributed by atoms with van der Waals surface area (Å²) in [7, 11) is 0. The lowest BCUT2D eigenvalue weighted by atomic mass is 10.0. The lowest BCUT2D eigenvalue weighted by Crippen LogP contribution is -2.09. The van der Waals surface area contributed by atoms with Crippen LogP contribution in [-0.2, 0) is 0 Å². The van der Waals surface area contributed by atoms with Gasteiger partial charge in [-0.2, -0.15) is 0 Å². The van der Waals surface area contributed by atoms with E-state index in [1.54, 1.807) is 0 Å². The molecule has 0 aliphatic rings. The molecule has 2 heteroatoms. The first-order valence-electron chi connectivity index (χ1n) is 19.3. The Morgan fingerprint density at radius 2 is 0.768 bits per heavy atom. The predicted octanol–water partition coefficient (Wildman–Crippen LogP) is 15.0. The van der Waals surface area contributed by atoms with Gasteiger partial charge in [0.2, 0.25) is 0 Å². The summed E-state index contributed by atoms with van der Waals surface area (Å²) in [4.78, 5) is 2.36. The molecule has 0 aliphatic carbocycles. The maximum atomic E-state index is 2.44. The molecule has 0 atom stereocenters. The van der Waals surface area contributed by atoms with Gasteiger partial charge in [0.05, 0.1) is 11.0 Å². The summed E-state index contributed by atoms with van der Waals surface area (Å²) in [5.74, 6) is 0. The van der Waals surface area contributed by atoms with E-state index < -0.39 is 0 Å². The van der Waals surface area contributed by atoms with E-state index in [-0.39, 0.29) is 0 Å². The van der Waals surface area contributed by atoms with Gasteiger partial charge in [-0.25, -0.2) is 0 Å². The van der Waals surface area contributed by atoms with Gasteiger partial charge in [-0.15, -0.1) is 0 Å². The van der Waals surface area contributed by atoms with E-state index in [0.717, 1.165) is 22.7 Å². The molecule has 0 saturated heterocycles. The van der Waals surface area contributed by atoms with E-state index in [1.165, 1.54) is 76.4 Å². The SMILES string of the molecule is c1ccc(-n2c3cc(-c4ccc(N(c5ccc(-c6ccc7ccccc7c6)cc5)c5ccc6ccccc6c5)cc4)ccc3c3ccc4ccccc4c32)cc1. The van der Waals surface area contributed by atoms with E-state index >= 15 is 0 Å². The summed E-state index contributed by atoms with van der Waals surface area (Å²) >= 11 is 0. The first kappa shape index (κ1) is 32.0. The van der Waals surface area contributed by atoms with E-state index in [2.05, 4.69) is 228 Å². The van der Waals surface area contributed by atoms with Gasteiger partial charge in [0.1, 0.15) is 0 Å². The summed E-state index contributed by atoms with van der Waals surface area (Å²) in [5.41, 5.74) is 11.7. The molecule has 11 rings (SSSR count). The molecule has 0 bridgehead atoms. The number of benzene rings is 10. The zero-order valence-electron chi connectivity index (χ0n) is 30.7. The highest BCUT2D eigenvalue weighted by Crippen LogP contribution is 2.41. The molecule has 0 amide bonds. The summed E-state index contributed by atoms with van der Waals surface area (Å²) in [6, 6.07) is 79.5. The zero-order chi connectivity index (χ0) is 37.0. The Morgan fingerprint density at radius 1 is 0.286 bits per heavy atom. The molecule has 0 N–H and O–H groups in total. The zero-order valence-corrected chi connectivity index (χ0v) is 30.7. The van der Waals surface area contributed by atoms with Crippen LogP contribution in [0.3, 0.4) is 0 Å². The number of aromatic nitrogens is 1. The maximum Gasteiger partial charge on any atom is 0.0619 e. The van der Waals surface area contributed by atoms with Crippen molar-refractivity contribution in [2.75, 3.05) is 4.90 Å². The first-order valence-corrected chi connectivity index (χ1v) is 19.3. The van der Waals surface area contributed by atoms with Crippen LogP contribution in [0.1, 0.15) is 0 Å². The topological polar surface area (TPSA) is 8.17 Å². The second-order valence-electron chi connectivity index (χ2n) is 14.6. The van der Waals surface area contributed by atoms with Crippen molar-refractivity contribution in [1.82, 2.24) is 4.57 Å². The molecule has 11 aromatic rings. The Morgan fingerprint density at radius 3 is 1.46 bits per heavy atom. The van der Waals surface area contributed by atoms with E-state index in [1.807, 2.05) is 0 Å². The Bertz CT molecular complexity index is 3230. The summed E-state index contributed by atoms with van der Waals surface area (Å²) < 4.78 is 2.44. The molecule has 1 heterocycles. The van der Waals surface area contributed by atoms with Crippen LogP contribution in [0.15, 0.2) is 218 Å². The quantitative estimate of drug-likeness (QED) is 0.167. The van der Waals surface area contributed by atoms with Gasteiger partial charge in [0.15, 0.2) is 0 Å². The van der Waals surface area contributed by atoms with Crippen LogP contribution in [0.25, 0.3) is 82.1 Å². The fourth-order valence-corrected chi connectivity index (χ4v) is 8.54. The monoisotopic (exact) mass is 712 g/mol. The van der Waals surface area contributed by atoms with Crippen molar-refractivity contribution in [3.05, 3.63) is 218 Å². The lowest BCUT2D eigenvalue weighted by molar-refractivity contribution is 1.19. The Balaban J connectivity index is 1.01. The van der Waals surface area contributed by atoms with Gasteiger partial charge in [0, 0.05) is 38.9 Å². The Hall–Kier alpha value is -7.42. The Labute approximate surface area is 325 Å². The molecule has 0 spiro atoms. The van der Waals surface area contributed by atoms with E-state index in [9.17, 15) is 0 Å². The fourth-order valence-electron chi connectivity index (χ4n) is 8.54. The van der Waals surface area contributed by atoms with Crippen LogP contribution in [0.2, 0.25) is 0 Å². The van der Waals surface area contributed by atoms with Gasteiger partial charge in [-0.1, -0.05) is 158 Å². The van der Waals surface area contributed by atoms with Crippen molar-refractivity contribution in [2.45, 2.75) is 0 Å². The lowest BCUT2D eigenvalue weighted by Gasteiger charge is -2.26. The summed E-state index contributed by atoms with van der Waals surface area (Å²) in [5, 5.41) is 9.98. The molecule has 0 fully saturated rings. The summed E-state index contributed by atoms with van der Waals surface area (Å²) in [6.07, 6.45) is 0. The highest BCUT2D eigenvalue weighted by Gasteiger charge is 2.17. The van der Waals surface area contributed by atoms with E-state index in [0.29, 0.717) is 0 Å². The van der Waals surface area contributed by atoms with Crippen LogP contribution in [0.4, 0.5) is 17.1 Å². The van der Waals surface area contributed by atoms with Crippen LogP contribution in [0.5, 0.6) is 0 Å². The minimum Gasteiger partial charge on any atom is -0.310 e. The van der Waals surface area contributed by atoms with Crippen molar-refractivity contribution in [3.8, 4) is 27.9 Å². The van der Waals surface area contributed by atoms with Gasteiger partial charge in [0.25, 0.3) is 0 Å². The molecule has 0 unspecified atom stereocenters. The average molecular weight is 713 g/mol. The Kier molecular flexibility index (Phi) is 7.53. The minimum atomic E-state index is 1.11. The number of rotatable bonds is 6. The van der Waals surface area contributed by atoms with Crippen LogP contribution in [-0.4, -0.2) is 4.57 Å². The number of hydrogen-bond donors (Lipinski definition) is 0. The normalized spacial score (nSPS) is 11.6. The van der Waals surface area contributed by atoms with Crippen molar-refractivity contribution < 1.29 is 0 Å². The smallest absolute Gasteiger partial charge is 0.0619 e. The van der Waals surface area contributed by atoms with Gasteiger partial charge in [-0.3, -0.25) is 0 Å². The molecular formula is C54H36N2. The largest absolute Gasteiger partial charge is 0.310 e.